The molecule has 4 aromatic carbocycles. The normalized spacial score (nSPS) is 15.5. The minimum Gasteiger partial charge on any atom is -0.438 e. The third kappa shape index (κ3) is 13.6. The van der Waals surface area contributed by atoms with Crippen molar-refractivity contribution in [3.63, 3.8) is 0 Å². The van der Waals surface area contributed by atoms with Crippen LogP contribution in [-0.4, -0.2) is 90.9 Å². The molecule has 0 N–H and O–H groups in total. The molecule has 88 heavy (non-hydrogen) atoms. The highest BCUT2D eigenvalue weighted by Gasteiger charge is 2.56. The van der Waals surface area contributed by atoms with Gasteiger partial charge in [-0.1, -0.05) is 60.1 Å². The quantitative estimate of drug-likeness (QED) is 0.0443. The molecule has 446 valence electrons. The van der Waals surface area contributed by atoms with Crippen LogP contribution in [0.4, 0.5) is 8.78 Å². The van der Waals surface area contributed by atoms with E-state index in [1.54, 1.807) is 101 Å². The molecule has 13 rings (SSSR count). The van der Waals surface area contributed by atoms with Gasteiger partial charge in [0.15, 0.2) is 23.1 Å². The highest BCUT2D eigenvalue weighted by Crippen LogP contribution is 2.50. The second-order valence-corrected chi connectivity index (χ2v) is 23.6. The molecule has 0 radical (unpaired) electrons. The fourth-order valence-corrected chi connectivity index (χ4v) is 10.3. The maximum Gasteiger partial charge on any atom is 0.498 e. The molecule has 1 saturated heterocycles. The summed E-state index contributed by atoms with van der Waals surface area (Å²) >= 11 is 5.92. The molecule has 1 aliphatic heterocycles. The van der Waals surface area contributed by atoms with Crippen LogP contribution < -0.4 is 14.9 Å². The van der Waals surface area contributed by atoms with Crippen molar-refractivity contribution in [3.8, 4) is 34.5 Å². The molecular weight excluding hydrogens is 1150 g/mol. The molecule has 2 saturated carbocycles. The minimum atomic E-state index is -0.925. The average molecular weight is 1210 g/mol. The van der Waals surface area contributed by atoms with Crippen LogP contribution in [0.3, 0.4) is 0 Å². The highest BCUT2D eigenvalue weighted by molar-refractivity contribution is 6.62. The number of carbonyl (C=O) groups is 4. The summed E-state index contributed by atoms with van der Waals surface area (Å²) < 4.78 is 53.4. The third-order valence-electron chi connectivity index (χ3n) is 16.4. The number of aryl methyl sites for hydroxylation is 2. The number of hydrogen-bond donors (Lipinski definition) is 0. The van der Waals surface area contributed by atoms with Gasteiger partial charge < -0.3 is 18.8 Å². The van der Waals surface area contributed by atoms with Crippen LogP contribution in [0.1, 0.15) is 75.6 Å². The standard InChI is InChI=1S/C30H24FN5O3.C26H19ClFN3O3.C10H17BN2O2/c1-36-17-21(15-35-36)25-14-26-24(16-32-25)29(34-18-33-26)39-23-8-4-20(5-9-23)13-28(38)30(10-11-30)27(37)12-19-2-6-22(31)7-3-19;27-24-13-21-20(14-29-24)25(31-15-30-21)34-19-7-3-17(4-8-19)12-23(33)26(9-10-26)22(32)11-16-1-5-18(28)6-2-16;1-9(2)10(3,4)15-11(14-9)8-6-12-13(5)7-8/h2-9,14-18H,10-13H2,1H3;1-8,13-15H,9-12H2;6-7H,1-5H3. The summed E-state index contributed by atoms with van der Waals surface area (Å²) in [7, 11) is 3.43. The SMILES string of the molecule is Cn1cc(-c2cc3ncnc(Oc4ccc(CC(=O)C5(C(=O)Cc6ccc(F)cc6)CC5)cc4)c3cn2)cn1.Cn1cc(B2OC(C)(C)C(C)(C)O2)cn1.O=C(Cc1ccc(F)cc1)C1(C(=O)Cc2ccc(Oc3ncnc4cc(Cl)ncc34)cc2)CC1. The number of Topliss-reactive ketones (excluding diaryl/α,β-unsaturated/α-hetero) is 4. The molecule has 3 aliphatic rings. The van der Waals surface area contributed by atoms with E-state index in [9.17, 15) is 28.0 Å². The number of hydrogen-bond acceptors (Lipinski definition) is 16. The Morgan fingerprint density at radius 3 is 1.32 bits per heavy atom. The van der Waals surface area contributed by atoms with Crippen molar-refractivity contribution in [1.29, 1.82) is 0 Å². The number of ketones is 4. The van der Waals surface area contributed by atoms with E-state index in [0.717, 1.165) is 27.8 Å². The van der Waals surface area contributed by atoms with Crippen molar-refractivity contribution >= 4 is 69.1 Å². The summed E-state index contributed by atoms with van der Waals surface area (Å²) in [5, 5.41) is 9.92. The van der Waals surface area contributed by atoms with Crippen LogP contribution in [0.15, 0.2) is 159 Å². The molecule has 6 aromatic heterocycles. The molecule has 0 atom stereocenters. The first-order chi connectivity index (χ1) is 42.1. The number of benzene rings is 4. The lowest BCUT2D eigenvalue weighted by Crippen LogP contribution is -2.41. The molecular formula is C66H60BClF2N10O8. The zero-order chi connectivity index (χ0) is 62.0. The number of pyridine rings is 2. The first-order valence-electron chi connectivity index (χ1n) is 28.5. The molecule has 22 heteroatoms. The topological polar surface area (TPSA) is 218 Å². The zero-order valence-electron chi connectivity index (χ0n) is 49.1. The van der Waals surface area contributed by atoms with Gasteiger partial charge in [-0.2, -0.15) is 10.2 Å². The molecule has 10 aromatic rings. The zero-order valence-corrected chi connectivity index (χ0v) is 49.9. The van der Waals surface area contributed by atoms with Gasteiger partial charge in [0, 0.05) is 87.9 Å². The van der Waals surface area contributed by atoms with Gasteiger partial charge in [0.25, 0.3) is 0 Å². The molecule has 3 fully saturated rings. The number of carbonyl (C=O) groups excluding carboxylic acids is 4. The molecule has 0 spiro atoms. The third-order valence-corrected chi connectivity index (χ3v) is 16.6. The van der Waals surface area contributed by atoms with Crippen LogP contribution in [-0.2, 0) is 68.3 Å². The Bertz CT molecular complexity index is 4220. The van der Waals surface area contributed by atoms with Gasteiger partial charge in [0.2, 0.25) is 11.8 Å². The van der Waals surface area contributed by atoms with Gasteiger partial charge in [-0.25, -0.2) is 33.7 Å². The van der Waals surface area contributed by atoms with E-state index in [0.29, 0.717) is 87.0 Å². The first kappa shape index (κ1) is 60.4. The Hall–Kier alpha value is -9.31. The lowest BCUT2D eigenvalue weighted by Gasteiger charge is -2.32. The van der Waals surface area contributed by atoms with Crippen LogP contribution >= 0.6 is 11.6 Å². The van der Waals surface area contributed by atoms with E-state index >= 15 is 0 Å². The molecule has 0 amide bonds. The molecule has 0 unspecified atom stereocenters. The van der Waals surface area contributed by atoms with Crippen molar-refractivity contribution in [2.75, 3.05) is 0 Å². The fourth-order valence-electron chi connectivity index (χ4n) is 10.1. The first-order valence-corrected chi connectivity index (χ1v) is 28.9. The number of rotatable bonds is 18. The fraction of sp³-hybridized carbons (Fsp3) is 0.273. The van der Waals surface area contributed by atoms with Crippen LogP contribution in [0.2, 0.25) is 5.15 Å². The summed E-state index contributed by atoms with van der Waals surface area (Å²) in [5.41, 5.74) is 4.50. The van der Waals surface area contributed by atoms with E-state index in [2.05, 4.69) is 40.1 Å². The van der Waals surface area contributed by atoms with Crippen molar-refractivity contribution in [1.82, 2.24) is 49.5 Å². The molecule has 2 aliphatic carbocycles. The molecule has 18 nitrogen and oxygen atoms in total. The van der Waals surface area contributed by atoms with E-state index in [-0.39, 0.29) is 78.8 Å². The van der Waals surface area contributed by atoms with Crippen LogP contribution in [0.25, 0.3) is 33.1 Å². The van der Waals surface area contributed by atoms with E-state index in [1.807, 2.05) is 72.4 Å². The van der Waals surface area contributed by atoms with Gasteiger partial charge in [0.05, 0.1) is 55.7 Å². The van der Waals surface area contributed by atoms with Crippen molar-refractivity contribution < 1.29 is 46.7 Å². The summed E-state index contributed by atoms with van der Waals surface area (Å²) in [6.07, 6.45) is 16.2. The summed E-state index contributed by atoms with van der Waals surface area (Å²) in [6, 6.07) is 29.4. The second kappa shape index (κ2) is 24.8. The Kier molecular flexibility index (Phi) is 17.0. The smallest absolute Gasteiger partial charge is 0.438 e. The monoisotopic (exact) mass is 1200 g/mol. The largest absolute Gasteiger partial charge is 0.498 e. The van der Waals surface area contributed by atoms with Gasteiger partial charge in [-0.05, 0) is 130 Å². The summed E-state index contributed by atoms with van der Waals surface area (Å²) in [5.74, 6) is 0.738. The number of ether oxygens (including phenoxy) is 2. The van der Waals surface area contributed by atoms with Crippen molar-refractivity contribution in [3.05, 3.63) is 198 Å². The predicted octanol–water partition coefficient (Wildman–Crippen LogP) is 11.1. The predicted molar refractivity (Wildman–Crippen MR) is 325 cm³/mol. The number of aromatic nitrogens is 10. The van der Waals surface area contributed by atoms with E-state index in [1.165, 1.54) is 36.9 Å². The Morgan fingerprint density at radius 1 is 0.523 bits per heavy atom. The van der Waals surface area contributed by atoms with Gasteiger partial charge in [-0.3, -0.25) is 33.5 Å². The average Bonchev–Trinajstić information content (AvgIpc) is 1.70. The second-order valence-electron chi connectivity index (χ2n) is 23.2. The number of halogens is 3. The number of nitrogens with zero attached hydrogens (tertiary/aromatic N) is 10. The van der Waals surface area contributed by atoms with Gasteiger partial charge in [-0.15, -0.1) is 0 Å². The maximum atomic E-state index is 13.2. The lowest BCUT2D eigenvalue weighted by atomic mass is 9.82. The van der Waals surface area contributed by atoms with E-state index in [4.69, 9.17) is 30.4 Å². The maximum absolute atomic E-state index is 13.2. The minimum absolute atomic E-state index is 0.0828. The number of fused-ring (bicyclic) bond motifs is 2. The molecule has 7 heterocycles. The summed E-state index contributed by atoms with van der Waals surface area (Å²) in [4.78, 5) is 77.4. The Labute approximate surface area is 510 Å². The lowest BCUT2D eigenvalue weighted by molar-refractivity contribution is -0.135. The summed E-state index contributed by atoms with van der Waals surface area (Å²) in [6.45, 7) is 8.18. The van der Waals surface area contributed by atoms with Crippen molar-refractivity contribution in [2.45, 2.75) is 90.3 Å². The van der Waals surface area contributed by atoms with Crippen molar-refractivity contribution in [2.24, 2.45) is 24.9 Å². The molecule has 0 bridgehead atoms. The Morgan fingerprint density at radius 2 is 0.920 bits per heavy atom. The Balaban J connectivity index is 0.000000149. The highest BCUT2D eigenvalue weighted by atomic mass is 35.5. The van der Waals surface area contributed by atoms with Crippen LogP contribution in [0.5, 0.6) is 23.3 Å². The van der Waals surface area contributed by atoms with E-state index < -0.39 is 10.8 Å². The van der Waals surface area contributed by atoms with Gasteiger partial charge >= 0.3 is 7.12 Å². The van der Waals surface area contributed by atoms with Gasteiger partial charge in [0.1, 0.15) is 40.9 Å². The van der Waals surface area contributed by atoms with Crippen LogP contribution in [0, 0.1) is 22.5 Å².